The second kappa shape index (κ2) is 41.9. The molecule has 0 aliphatic carbocycles. The lowest BCUT2D eigenvalue weighted by Crippen LogP contribution is -1.93. The largest absolute Gasteiger partial charge is 0.481 e. The topological polar surface area (TPSA) is 74.6 Å². The second-order valence-electron chi connectivity index (χ2n) is 13.6. The molecule has 0 amide bonds. The van der Waals surface area contributed by atoms with E-state index in [4.69, 9.17) is 10.2 Å². The highest BCUT2D eigenvalue weighted by atomic mass is 16.4. The first-order valence-electron chi connectivity index (χ1n) is 20.0. The van der Waals surface area contributed by atoms with E-state index in [9.17, 15) is 9.59 Å². The Hall–Kier alpha value is -1.06. The zero-order valence-corrected chi connectivity index (χ0v) is 30.2. The Labute approximate surface area is 276 Å². The quantitative estimate of drug-likeness (QED) is 0.0680. The van der Waals surface area contributed by atoms with E-state index in [0.29, 0.717) is 12.8 Å². The predicted molar refractivity (Wildman–Crippen MR) is 193 cm³/mol. The third-order valence-corrected chi connectivity index (χ3v) is 8.99. The molecule has 0 spiro atoms. The van der Waals surface area contributed by atoms with E-state index in [0.717, 1.165) is 25.7 Å². The Balaban J connectivity index is 0. The molecule has 0 saturated heterocycles. The van der Waals surface area contributed by atoms with Crippen LogP contribution >= 0.6 is 0 Å². The molecule has 44 heavy (non-hydrogen) atoms. The molecule has 0 aromatic heterocycles. The predicted octanol–water partition coefficient (Wildman–Crippen LogP) is 14.2. The van der Waals surface area contributed by atoms with Crippen LogP contribution in [0.3, 0.4) is 0 Å². The van der Waals surface area contributed by atoms with Gasteiger partial charge in [0.15, 0.2) is 0 Å². The number of hydrogen-bond donors (Lipinski definition) is 2. The van der Waals surface area contributed by atoms with Gasteiger partial charge in [-0.25, -0.2) is 0 Å². The Morgan fingerprint density at radius 3 is 0.545 bits per heavy atom. The zero-order valence-electron chi connectivity index (χ0n) is 30.2. The van der Waals surface area contributed by atoms with Crippen molar-refractivity contribution in [3.05, 3.63) is 0 Å². The van der Waals surface area contributed by atoms with Gasteiger partial charge in [-0.1, -0.05) is 219 Å². The van der Waals surface area contributed by atoms with Crippen LogP contribution in [-0.4, -0.2) is 22.2 Å². The summed E-state index contributed by atoms with van der Waals surface area (Å²) in [7, 11) is 0. The maximum absolute atomic E-state index is 10.4. The number of carboxylic acid groups (broad SMARTS) is 2. The number of carboxylic acids is 2. The molecular weight excluding hydrogens is 544 g/mol. The summed E-state index contributed by atoms with van der Waals surface area (Å²) in [5, 5.41) is 17.1. The van der Waals surface area contributed by atoms with E-state index >= 15 is 0 Å². The van der Waals surface area contributed by atoms with E-state index in [-0.39, 0.29) is 0 Å². The molecule has 4 nitrogen and oxygen atoms in total. The fourth-order valence-corrected chi connectivity index (χ4v) is 6.00. The highest BCUT2D eigenvalue weighted by Gasteiger charge is 1.99. The molecule has 0 aliphatic rings. The van der Waals surface area contributed by atoms with Crippen LogP contribution in [0, 0.1) is 0 Å². The summed E-state index contributed by atoms with van der Waals surface area (Å²) in [5.41, 5.74) is 0. The van der Waals surface area contributed by atoms with E-state index in [2.05, 4.69) is 13.8 Å². The fraction of sp³-hybridized carbons (Fsp3) is 0.950. The molecule has 0 aromatic carbocycles. The van der Waals surface area contributed by atoms with Crippen molar-refractivity contribution in [2.24, 2.45) is 0 Å². The third kappa shape index (κ3) is 47.9. The van der Waals surface area contributed by atoms with Crippen molar-refractivity contribution in [2.75, 3.05) is 0 Å². The van der Waals surface area contributed by atoms with Crippen LogP contribution < -0.4 is 0 Å². The summed E-state index contributed by atoms with van der Waals surface area (Å²) in [6.45, 7) is 4.55. The monoisotopic (exact) mass is 625 g/mol. The summed E-state index contributed by atoms with van der Waals surface area (Å²) >= 11 is 0. The first-order chi connectivity index (χ1) is 21.5. The van der Waals surface area contributed by atoms with Crippen LogP contribution in [0.25, 0.3) is 0 Å². The summed E-state index contributed by atoms with van der Waals surface area (Å²) in [6, 6.07) is 0. The van der Waals surface area contributed by atoms with E-state index in [1.807, 2.05) is 0 Å². The lowest BCUT2D eigenvalue weighted by Gasteiger charge is -2.03. The normalized spacial score (nSPS) is 11.0. The number of carbonyl (C=O) groups is 2. The average Bonchev–Trinajstić information content (AvgIpc) is 3.00. The highest BCUT2D eigenvalue weighted by molar-refractivity contribution is 5.66. The molecule has 0 atom stereocenters. The molecule has 0 unspecified atom stereocenters. The van der Waals surface area contributed by atoms with Crippen LogP contribution in [0.2, 0.25) is 0 Å². The van der Waals surface area contributed by atoms with Crippen LogP contribution in [-0.2, 0) is 9.59 Å². The lowest BCUT2D eigenvalue weighted by atomic mass is 10.0. The van der Waals surface area contributed by atoms with Crippen molar-refractivity contribution < 1.29 is 19.8 Å². The molecule has 264 valence electrons. The van der Waals surface area contributed by atoms with Crippen molar-refractivity contribution in [1.82, 2.24) is 0 Å². The minimum absolute atomic E-state index is 0.345. The number of aliphatic carboxylic acids is 2. The van der Waals surface area contributed by atoms with Gasteiger partial charge in [-0.15, -0.1) is 0 Å². The lowest BCUT2D eigenvalue weighted by molar-refractivity contribution is -0.138. The maximum atomic E-state index is 10.4. The third-order valence-electron chi connectivity index (χ3n) is 8.99. The molecule has 4 heteroatoms. The van der Waals surface area contributed by atoms with Gasteiger partial charge in [0.25, 0.3) is 0 Å². The summed E-state index contributed by atoms with van der Waals surface area (Å²) in [5.74, 6) is -1.30. The van der Waals surface area contributed by atoms with E-state index in [1.54, 1.807) is 0 Å². The molecule has 0 bridgehead atoms. The number of hydrogen-bond acceptors (Lipinski definition) is 2. The van der Waals surface area contributed by atoms with Crippen LogP contribution in [0.1, 0.15) is 245 Å². The SMILES string of the molecule is CCCCCCCCCCCCCCCCCC(=O)O.CCCCCCCCCCCCCCCCCCCCCC(=O)O. The summed E-state index contributed by atoms with van der Waals surface area (Å²) in [4.78, 5) is 20.7. The average molecular weight is 625 g/mol. The maximum Gasteiger partial charge on any atom is 0.303 e. The standard InChI is InChI=1S/C22H44O2.C18H36O2/c1-2-3-4-5-6-7-8-9-10-11-12-13-14-15-16-17-18-19-20-21-22(23)24;1-2-3-4-5-6-7-8-9-10-11-12-13-14-15-16-17-18(19)20/h2-21H2,1H3,(H,23,24);2-17H2,1H3,(H,19,20). The molecule has 0 heterocycles. The molecule has 2 N–H and O–H groups in total. The minimum atomic E-state index is -0.653. The molecule has 0 saturated carbocycles. The van der Waals surface area contributed by atoms with Crippen molar-refractivity contribution in [2.45, 2.75) is 245 Å². The van der Waals surface area contributed by atoms with Crippen LogP contribution in [0.15, 0.2) is 0 Å². The molecular formula is C40H80O4. The van der Waals surface area contributed by atoms with Gasteiger partial charge >= 0.3 is 11.9 Å². The van der Waals surface area contributed by atoms with Crippen molar-refractivity contribution in [1.29, 1.82) is 0 Å². The fourth-order valence-electron chi connectivity index (χ4n) is 6.00. The molecule has 0 radical (unpaired) electrons. The minimum Gasteiger partial charge on any atom is -0.481 e. The Kier molecular flexibility index (Phi) is 43.0. The van der Waals surface area contributed by atoms with Gasteiger partial charge in [0.2, 0.25) is 0 Å². The zero-order chi connectivity index (χ0) is 32.6. The molecule has 0 rings (SSSR count). The molecule has 0 aromatic rings. The summed E-state index contributed by atoms with van der Waals surface area (Å²) in [6.07, 6.45) is 46.3. The van der Waals surface area contributed by atoms with Gasteiger partial charge in [0.05, 0.1) is 0 Å². The van der Waals surface area contributed by atoms with Crippen molar-refractivity contribution >= 4 is 11.9 Å². The van der Waals surface area contributed by atoms with Crippen molar-refractivity contribution in [3.8, 4) is 0 Å². The van der Waals surface area contributed by atoms with Crippen molar-refractivity contribution in [3.63, 3.8) is 0 Å². The van der Waals surface area contributed by atoms with Gasteiger partial charge in [-0.3, -0.25) is 9.59 Å². The van der Waals surface area contributed by atoms with Gasteiger partial charge in [-0.05, 0) is 12.8 Å². The Morgan fingerprint density at radius 1 is 0.273 bits per heavy atom. The van der Waals surface area contributed by atoms with Gasteiger partial charge in [-0.2, -0.15) is 0 Å². The number of rotatable bonds is 36. The first-order valence-corrected chi connectivity index (χ1v) is 20.0. The molecule has 0 aliphatic heterocycles. The number of unbranched alkanes of at least 4 members (excludes halogenated alkanes) is 32. The van der Waals surface area contributed by atoms with Crippen LogP contribution in [0.5, 0.6) is 0 Å². The molecule has 0 fully saturated rings. The Morgan fingerprint density at radius 2 is 0.409 bits per heavy atom. The van der Waals surface area contributed by atoms with E-state index < -0.39 is 11.9 Å². The Bertz CT molecular complexity index is 547. The first kappa shape index (κ1) is 45.1. The second-order valence-corrected chi connectivity index (χ2v) is 13.6. The van der Waals surface area contributed by atoms with Gasteiger partial charge in [0, 0.05) is 12.8 Å². The highest BCUT2D eigenvalue weighted by Crippen LogP contribution is 2.16. The van der Waals surface area contributed by atoms with Crippen LogP contribution in [0.4, 0.5) is 0 Å². The van der Waals surface area contributed by atoms with E-state index in [1.165, 1.54) is 193 Å². The smallest absolute Gasteiger partial charge is 0.303 e. The summed E-state index contributed by atoms with van der Waals surface area (Å²) < 4.78 is 0. The van der Waals surface area contributed by atoms with Gasteiger partial charge < -0.3 is 10.2 Å². The van der Waals surface area contributed by atoms with Gasteiger partial charge in [0.1, 0.15) is 0 Å².